The Morgan fingerprint density at radius 3 is 0.905 bits per heavy atom. The zero-order valence-corrected chi connectivity index (χ0v) is 47.8. The Balaban J connectivity index is 4.39. The second-order valence-corrected chi connectivity index (χ2v) is 19.5. The summed E-state index contributed by atoms with van der Waals surface area (Å²) < 4.78 is 16.8. The average Bonchev–Trinajstić information content (AvgIpc) is 3.40. The van der Waals surface area contributed by atoms with E-state index < -0.39 is 12.1 Å². The maximum atomic E-state index is 12.8. The van der Waals surface area contributed by atoms with Crippen molar-refractivity contribution in [3.63, 3.8) is 0 Å². The summed E-state index contributed by atoms with van der Waals surface area (Å²) in [6, 6.07) is 0. The molecule has 418 valence electrons. The van der Waals surface area contributed by atoms with Crippen molar-refractivity contribution in [1.82, 2.24) is 0 Å². The van der Waals surface area contributed by atoms with Gasteiger partial charge in [0, 0.05) is 12.8 Å². The lowest BCUT2D eigenvalue weighted by molar-refractivity contribution is -0.166. The molecule has 0 aliphatic rings. The molecule has 0 aromatic heterocycles. The van der Waals surface area contributed by atoms with Crippen LogP contribution in [-0.4, -0.2) is 37.2 Å². The Morgan fingerprint density at radius 2 is 0.568 bits per heavy atom. The predicted octanol–water partition coefficient (Wildman–Crippen LogP) is 20.6. The minimum absolute atomic E-state index is 0.0905. The van der Waals surface area contributed by atoms with E-state index in [4.69, 9.17) is 14.2 Å². The summed E-state index contributed by atoms with van der Waals surface area (Å²) in [4.78, 5) is 38.1. The smallest absolute Gasteiger partial charge is 0.310 e. The number of carbonyl (C=O) groups is 3. The molecule has 0 aliphatic heterocycles. The van der Waals surface area contributed by atoms with Crippen LogP contribution in [0, 0.1) is 0 Å². The number of carbonyl (C=O) groups excluding carboxylic acids is 3. The summed E-state index contributed by atoms with van der Waals surface area (Å²) >= 11 is 0. The molecular formula is C68H110O6. The molecule has 74 heavy (non-hydrogen) atoms. The molecule has 1 unspecified atom stereocenters. The first-order valence-electron chi connectivity index (χ1n) is 30.2. The fourth-order valence-corrected chi connectivity index (χ4v) is 7.95. The van der Waals surface area contributed by atoms with E-state index in [-0.39, 0.29) is 31.6 Å². The molecule has 0 bridgehead atoms. The van der Waals surface area contributed by atoms with Gasteiger partial charge in [0.2, 0.25) is 0 Å². The van der Waals surface area contributed by atoms with E-state index >= 15 is 0 Å². The molecule has 0 fully saturated rings. The Labute approximate surface area is 455 Å². The van der Waals surface area contributed by atoms with Crippen LogP contribution in [0.15, 0.2) is 134 Å². The lowest BCUT2D eigenvalue weighted by atomic mass is 10.0. The summed E-state index contributed by atoms with van der Waals surface area (Å²) in [6.07, 6.45) is 86.2. The third-order valence-electron chi connectivity index (χ3n) is 12.4. The zero-order chi connectivity index (χ0) is 53.6. The van der Waals surface area contributed by atoms with Gasteiger partial charge in [-0.15, -0.1) is 0 Å². The van der Waals surface area contributed by atoms with Crippen LogP contribution in [0.4, 0.5) is 0 Å². The minimum Gasteiger partial charge on any atom is -0.462 e. The fraction of sp³-hybridized carbons (Fsp3) is 0.632. The van der Waals surface area contributed by atoms with Crippen molar-refractivity contribution in [2.75, 3.05) is 13.2 Å². The SMILES string of the molecule is CC/C=C\C/C=C\C/C=C\C/C=C\C/C=C\CCCCCCCCCCCCCC(=O)OCC(COC(=O)CCCCCCC/C=C\CCCCCCC)OC(=O)C/C=C\C/C=C\C/C=C\C/C=C\C/C=C\CC. The highest BCUT2D eigenvalue weighted by atomic mass is 16.6. The molecule has 0 N–H and O–H groups in total. The standard InChI is InChI=1S/C68H110O6/c1-4-7-10-13-16-19-22-25-28-29-30-31-32-33-34-35-36-37-38-39-41-43-46-49-52-55-58-61-67(70)73-64-65(63-72-66(69)60-57-54-51-48-45-42-27-24-21-18-15-12-9-6-3)74-68(71)62-59-56-53-50-47-44-40-26-23-20-17-14-11-8-5-2/h7-8,10-11,16-17,19-20,24-28,30-31,33-34,40,47,50,56,59,65H,4-6,9,12-15,18,21-23,29,32,35-39,41-46,48-49,51-55,57-58,60-64H2,1-3H3/b10-7-,11-8-,19-16-,20-17-,27-24-,28-25-,31-30-,34-33-,40-26-,50-47-,59-56-. The molecule has 1 atom stereocenters. The summed E-state index contributed by atoms with van der Waals surface area (Å²) in [7, 11) is 0. The molecule has 0 radical (unpaired) electrons. The fourth-order valence-electron chi connectivity index (χ4n) is 7.95. The van der Waals surface area contributed by atoms with E-state index in [1.165, 1.54) is 103 Å². The molecule has 0 amide bonds. The largest absolute Gasteiger partial charge is 0.462 e. The van der Waals surface area contributed by atoms with E-state index in [0.717, 1.165) is 109 Å². The molecule has 6 heteroatoms. The van der Waals surface area contributed by atoms with Crippen molar-refractivity contribution < 1.29 is 28.6 Å². The Bertz CT molecular complexity index is 1600. The molecule has 0 rings (SSSR count). The molecule has 0 saturated heterocycles. The summed E-state index contributed by atoms with van der Waals surface area (Å²) in [5.41, 5.74) is 0. The molecule has 0 heterocycles. The van der Waals surface area contributed by atoms with Crippen molar-refractivity contribution in [2.45, 2.75) is 264 Å². The first-order valence-corrected chi connectivity index (χ1v) is 30.2. The number of allylic oxidation sites excluding steroid dienone is 21. The number of hydrogen-bond donors (Lipinski definition) is 0. The van der Waals surface area contributed by atoms with Gasteiger partial charge in [0.25, 0.3) is 0 Å². The van der Waals surface area contributed by atoms with Gasteiger partial charge < -0.3 is 14.2 Å². The maximum absolute atomic E-state index is 12.8. The van der Waals surface area contributed by atoms with Crippen molar-refractivity contribution >= 4 is 17.9 Å². The number of esters is 3. The van der Waals surface area contributed by atoms with Gasteiger partial charge in [0.1, 0.15) is 13.2 Å². The van der Waals surface area contributed by atoms with Crippen LogP contribution in [0.25, 0.3) is 0 Å². The van der Waals surface area contributed by atoms with Crippen molar-refractivity contribution in [3.05, 3.63) is 134 Å². The van der Waals surface area contributed by atoms with Crippen molar-refractivity contribution in [2.24, 2.45) is 0 Å². The lowest BCUT2D eigenvalue weighted by Crippen LogP contribution is -2.30. The summed E-state index contributed by atoms with van der Waals surface area (Å²) in [5.74, 6) is -1.07. The van der Waals surface area contributed by atoms with Crippen molar-refractivity contribution in [3.8, 4) is 0 Å². The monoisotopic (exact) mass is 1020 g/mol. The van der Waals surface area contributed by atoms with E-state index in [1.807, 2.05) is 6.08 Å². The molecule has 0 aromatic rings. The van der Waals surface area contributed by atoms with Gasteiger partial charge in [-0.25, -0.2) is 0 Å². The quantitative estimate of drug-likeness (QED) is 0.0261. The summed E-state index contributed by atoms with van der Waals surface area (Å²) in [6.45, 7) is 6.31. The van der Waals surface area contributed by atoms with Gasteiger partial charge in [-0.2, -0.15) is 0 Å². The third-order valence-corrected chi connectivity index (χ3v) is 12.4. The number of unbranched alkanes of at least 4 members (excludes halogenated alkanes) is 21. The Morgan fingerprint density at radius 1 is 0.297 bits per heavy atom. The van der Waals surface area contributed by atoms with Gasteiger partial charge in [-0.05, 0) is 116 Å². The van der Waals surface area contributed by atoms with Gasteiger partial charge in [-0.1, -0.05) is 257 Å². The van der Waals surface area contributed by atoms with Gasteiger partial charge in [-0.3, -0.25) is 14.4 Å². The van der Waals surface area contributed by atoms with E-state index in [9.17, 15) is 14.4 Å². The van der Waals surface area contributed by atoms with Crippen LogP contribution in [0.5, 0.6) is 0 Å². The Kier molecular flexibility index (Phi) is 57.4. The molecule has 0 saturated carbocycles. The number of hydrogen-bond acceptors (Lipinski definition) is 6. The second kappa shape index (κ2) is 61.1. The highest BCUT2D eigenvalue weighted by Crippen LogP contribution is 2.15. The number of rotatable bonds is 53. The van der Waals surface area contributed by atoms with Gasteiger partial charge >= 0.3 is 17.9 Å². The first-order chi connectivity index (χ1) is 36.5. The second-order valence-electron chi connectivity index (χ2n) is 19.5. The highest BCUT2D eigenvalue weighted by molar-refractivity contribution is 5.72. The topological polar surface area (TPSA) is 78.9 Å². The van der Waals surface area contributed by atoms with E-state index in [2.05, 4.69) is 142 Å². The Hall–Kier alpha value is -4.45. The van der Waals surface area contributed by atoms with Crippen LogP contribution in [-0.2, 0) is 28.6 Å². The molecular weight excluding hydrogens is 913 g/mol. The van der Waals surface area contributed by atoms with Crippen LogP contribution in [0.1, 0.15) is 258 Å². The van der Waals surface area contributed by atoms with Crippen molar-refractivity contribution in [1.29, 1.82) is 0 Å². The molecule has 0 spiro atoms. The van der Waals surface area contributed by atoms with E-state index in [1.54, 1.807) is 6.08 Å². The van der Waals surface area contributed by atoms with Crippen LogP contribution >= 0.6 is 0 Å². The lowest BCUT2D eigenvalue weighted by Gasteiger charge is -2.18. The normalized spacial score (nSPS) is 13.1. The molecule has 0 aliphatic carbocycles. The zero-order valence-electron chi connectivity index (χ0n) is 47.8. The summed E-state index contributed by atoms with van der Waals surface area (Å²) in [5, 5.41) is 0. The predicted molar refractivity (Wildman–Crippen MR) is 320 cm³/mol. The van der Waals surface area contributed by atoms with Crippen LogP contribution in [0.3, 0.4) is 0 Å². The minimum atomic E-state index is -0.841. The van der Waals surface area contributed by atoms with Crippen LogP contribution < -0.4 is 0 Å². The van der Waals surface area contributed by atoms with E-state index in [0.29, 0.717) is 19.3 Å². The van der Waals surface area contributed by atoms with Gasteiger partial charge in [0.05, 0.1) is 6.42 Å². The average molecular weight is 1020 g/mol. The maximum Gasteiger partial charge on any atom is 0.310 e. The first kappa shape index (κ1) is 69.5. The number of ether oxygens (including phenoxy) is 3. The molecule has 6 nitrogen and oxygen atoms in total. The molecule has 0 aromatic carbocycles. The van der Waals surface area contributed by atoms with Gasteiger partial charge in [0.15, 0.2) is 6.10 Å². The third kappa shape index (κ3) is 58.4. The van der Waals surface area contributed by atoms with Crippen LogP contribution in [0.2, 0.25) is 0 Å². The highest BCUT2D eigenvalue weighted by Gasteiger charge is 2.19.